The van der Waals surface area contributed by atoms with Crippen LogP contribution in [-0.4, -0.2) is 48.1 Å². The lowest BCUT2D eigenvalue weighted by molar-refractivity contribution is 0.308. The highest BCUT2D eigenvalue weighted by molar-refractivity contribution is 5.78. The van der Waals surface area contributed by atoms with Gasteiger partial charge in [-0.25, -0.2) is 4.98 Å². The van der Waals surface area contributed by atoms with Crippen LogP contribution in [0.5, 0.6) is 0 Å². The summed E-state index contributed by atoms with van der Waals surface area (Å²) in [6, 6.07) is 18.0. The van der Waals surface area contributed by atoms with Crippen molar-refractivity contribution < 1.29 is 0 Å². The Balaban J connectivity index is 1.38. The molecule has 0 fully saturated rings. The summed E-state index contributed by atoms with van der Waals surface area (Å²) < 4.78 is 0. The smallest absolute Gasteiger partial charge is 0.260 e. The lowest BCUT2D eigenvalue weighted by Gasteiger charge is -2.28. The molecule has 2 aromatic carbocycles. The number of nitrogens with zero attached hydrogens (tertiary/aromatic N) is 3. The van der Waals surface area contributed by atoms with Crippen molar-refractivity contribution in [1.82, 2.24) is 14.9 Å². The molecule has 4 rings (SSSR count). The third-order valence-electron chi connectivity index (χ3n) is 5.15. The average molecular weight is 360 g/mol. The van der Waals surface area contributed by atoms with Gasteiger partial charge in [0.2, 0.25) is 5.95 Å². The minimum absolute atomic E-state index is 0.0872. The second-order valence-corrected chi connectivity index (χ2v) is 6.97. The van der Waals surface area contributed by atoms with Crippen LogP contribution in [0, 0.1) is 0 Å². The Morgan fingerprint density at radius 1 is 1.11 bits per heavy atom. The van der Waals surface area contributed by atoms with E-state index < -0.39 is 0 Å². The molecule has 0 radical (unpaired) electrons. The summed E-state index contributed by atoms with van der Waals surface area (Å²) in [6.45, 7) is 3.76. The third kappa shape index (κ3) is 3.93. The van der Waals surface area contributed by atoms with Crippen LogP contribution in [0.4, 0.5) is 5.95 Å². The maximum absolute atomic E-state index is 12.2. The molecule has 0 amide bonds. The van der Waals surface area contributed by atoms with Crippen molar-refractivity contribution in [2.24, 2.45) is 0 Å². The lowest BCUT2D eigenvalue weighted by atomic mass is 10.00. The molecule has 0 saturated carbocycles. The highest BCUT2D eigenvalue weighted by Crippen LogP contribution is 2.21. The molecule has 5 heteroatoms. The van der Waals surface area contributed by atoms with E-state index in [1.165, 1.54) is 11.1 Å². The van der Waals surface area contributed by atoms with E-state index in [0.29, 0.717) is 11.3 Å². The van der Waals surface area contributed by atoms with Gasteiger partial charge in [0.25, 0.3) is 5.56 Å². The van der Waals surface area contributed by atoms with Crippen molar-refractivity contribution in [1.29, 1.82) is 0 Å². The standard InChI is InChI=1S/C22H24N4O/c1-25(22-23-20-10-6-5-9-19(20)21(27)24-22)15-16-26-13-11-18(12-14-26)17-7-3-2-4-8-17/h2-11H,12-16H2,1H3,(H,23,24,27). The minimum Gasteiger partial charge on any atom is -0.344 e. The third-order valence-corrected chi connectivity index (χ3v) is 5.15. The second kappa shape index (κ2) is 7.76. The average Bonchev–Trinajstić information content (AvgIpc) is 2.73. The van der Waals surface area contributed by atoms with Crippen LogP contribution < -0.4 is 10.5 Å². The monoisotopic (exact) mass is 360 g/mol. The van der Waals surface area contributed by atoms with E-state index in [-0.39, 0.29) is 5.56 Å². The summed E-state index contributed by atoms with van der Waals surface area (Å²) in [6.07, 6.45) is 3.40. The van der Waals surface area contributed by atoms with Gasteiger partial charge in [-0.05, 0) is 29.7 Å². The molecule has 0 atom stereocenters. The van der Waals surface area contributed by atoms with E-state index >= 15 is 0 Å². The number of benzene rings is 2. The number of nitrogens with one attached hydrogen (secondary N) is 1. The van der Waals surface area contributed by atoms with E-state index in [0.717, 1.165) is 38.1 Å². The van der Waals surface area contributed by atoms with Crippen molar-refractivity contribution in [2.45, 2.75) is 6.42 Å². The molecule has 1 aromatic heterocycles. The molecule has 5 nitrogen and oxygen atoms in total. The quantitative estimate of drug-likeness (QED) is 0.759. The van der Waals surface area contributed by atoms with Gasteiger partial charge in [-0.2, -0.15) is 0 Å². The fourth-order valence-corrected chi connectivity index (χ4v) is 3.48. The second-order valence-electron chi connectivity index (χ2n) is 6.97. The molecule has 27 heavy (non-hydrogen) atoms. The van der Waals surface area contributed by atoms with E-state index in [4.69, 9.17) is 0 Å². The van der Waals surface area contributed by atoms with Gasteiger partial charge in [0.15, 0.2) is 0 Å². The Morgan fingerprint density at radius 3 is 2.67 bits per heavy atom. The minimum atomic E-state index is -0.0872. The Morgan fingerprint density at radius 2 is 1.89 bits per heavy atom. The van der Waals surface area contributed by atoms with Gasteiger partial charge in [0.1, 0.15) is 0 Å². The molecule has 1 aliphatic rings. The largest absolute Gasteiger partial charge is 0.344 e. The first-order chi connectivity index (χ1) is 13.2. The number of H-pyrrole nitrogens is 1. The maximum atomic E-state index is 12.2. The first-order valence-corrected chi connectivity index (χ1v) is 9.38. The van der Waals surface area contributed by atoms with Gasteiger partial charge in [-0.1, -0.05) is 48.5 Å². The van der Waals surface area contributed by atoms with Crippen molar-refractivity contribution in [3.05, 3.63) is 76.6 Å². The number of fused-ring (bicyclic) bond motifs is 1. The van der Waals surface area contributed by atoms with Crippen LogP contribution in [0.15, 0.2) is 65.5 Å². The van der Waals surface area contributed by atoms with E-state index in [1.54, 1.807) is 6.07 Å². The van der Waals surface area contributed by atoms with Crippen molar-refractivity contribution in [3.8, 4) is 0 Å². The molecule has 0 saturated heterocycles. The highest BCUT2D eigenvalue weighted by atomic mass is 16.1. The zero-order valence-corrected chi connectivity index (χ0v) is 15.6. The summed E-state index contributed by atoms with van der Waals surface area (Å²) in [4.78, 5) is 24.2. The molecule has 138 valence electrons. The van der Waals surface area contributed by atoms with Gasteiger partial charge >= 0.3 is 0 Å². The van der Waals surface area contributed by atoms with Crippen molar-refractivity contribution >= 4 is 22.4 Å². The fraction of sp³-hybridized carbons (Fsp3) is 0.273. The van der Waals surface area contributed by atoms with Gasteiger partial charge in [-0.15, -0.1) is 0 Å². The molecule has 0 bridgehead atoms. The Hall–Kier alpha value is -2.92. The van der Waals surface area contributed by atoms with Gasteiger partial charge in [-0.3, -0.25) is 14.7 Å². The molecule has 0 aliphatic carbocycles. The van der Waals surface area contributed by atoms with Gasteiger partial charge in [0, 0.05) is 33.2 Å². The maximum Gasteiger partial charge on any atom is 0.260 e. The number of likely N-dealkylation sites (N-methyl/N-ethyl adjacent to an activating group) is 1. The molecule has 1 aliphatic heterocycles. The Labute approximate surface area is 159 Å². The topological polar surface area (TPSA) is 52.2 Å². The van der Waals surface area contributed by atoms with Crippen LogP contribution in [0.2, 0.25) is 0 Å². The SMILES string of the molecule is CN(CCN1CC=C(c2ccccc2)CC1)c1nc2ccccc2c(=O)[nH]1. The molecular formula is C22H24N4O. The van der Waals surface area contributed by atoms with Gasteiger partial charge in [0.05, 0.1) is 10.9 Å². The normalized spacial score (nSPS) is 14.9. The van der Waals surface area contributed by atoms with Crippen LogP contribution >= 0.6 is 0 Å². The number of aromatic nitrogens is 2. The first kappa shape index (κ1) is 17.5. The number of rotatable bonds is 5. The first-order valence-electron chi connectivity index (χ1n) is 9.38. The summed E-state index contributed by atoms with van der Waals surface area (Å²) >= 11 is 0. The predicted molar refractivity (Wildman–Crippen MR) is 111 cm³/mol. The molecule has 0 unspecified atom stereocenters. The molecular weight excluding hydrogens is 336 g/mol. The van der Waals surface area contributed by atoms with Crippen LogP contribution in [0.25, 0.3) is 16.5 Å². The molecule has 3 aromatic rings. The molecule has 0 spiro atoms. The van der Waals surface area contributed by atoms with Crippen molar-refractivity contribution in [3.63, 3.8) is 0 Å². The summed E-state index contributed by atoms with van der Waals surface area (Å²) in [5.74, 6) is 0.622. The molecule has 2 heterocycles. The summed E-state index contributed by atoms with van der Waals surface area (Å²) in [5, 5.41) is 0.629. The highest BCUT2D eigenvalue weighted by Gasteiger charge is 2.14. The fourth-order valence-electron chi connectivity index (χ4n) is 3.48. The number of aromatic amines is 1. The number of hydrogen-bond donors (Lipinski definition) is 1. The number of anilines is 1. The van der Waals surface area contributed by atoms with E-state index in [9.17, 15) is 4.79 Å². The number of para-hydroxylation sites is 1. The Bertz CT molecular complexity index is 1010. The van der Waals surface area contributed by atoms with E-state index in [2.05, 4.69) is 51.3 Å². The number of hydrogen-bond acceptors (Lipinski definition) is 4. The van der Waals surface area contributed by atoms with Crippen LogP contribution in [0.3, 0.4) is 0 Å². The van der Waals surface area contributed by atoms with Crippen LogP contribution in [0.1, 0.15) is 12.0 Å². The van der Waals surface area contributed by atoms with Crippen molar-refractivity contribution in [2.75, 3.05) is 38.1 Å². The lowest BCUT2D eigenvalue weighted by Crippen LogP contribution is -2.36. The van der Waals surface area contributed by atoms with Gasteiger partial charge < -0.3 is 4.90 Å². The van der Waals surface area contributed by atoms with Crippen LogP contribution in [-0.2, 0) is 0 Å². The summed E-state index contributed by atoms with van der Waals surface area (Å²) in [5.41, 5.74) is 3.40. The predicted octanol–water partition coefficient (Wildman–Crippen LogP) is 3.15. The summed E-state index contributed by atoms with van der Waals surface area (Å²) in [7, 11) is 1.97. The van der Waals surface area contributed by atoms with E-state index in [1.807, 2.05) is 30.1 Å². The molecule has 1 N–H and O–H groups in total. The zero-order chi connectivity index (χ0) is 18.6. The Kier molecular flexibility index (Phi) is 5.03. The zero-order valence-electron chi connectivity index (χ0n) is 15.6.